The first-order valence-electron chi connectivity index (χ1n) is 11.1. The third-order valence-electron chi connectivity index (χ3n) is 5.04. The number of sulfone groups is 1. The topological polar surface area (TPSA) is 84.0 Å². The van der Waals surface area contributed by atoms with Crippen molar-refractivity contribution in [1.82, 2.24) is 9.97 Å². The van der Waals surface area contributed by atoms with Crippen LogP contribution < -0.4 is 10.6 Å². The molecule has 0 spiro atoms. The third-order valence-corrected chi connectivity index (χ3v) is 8.27. The molecule has 0 saturated carbocycles. The predicted molar refractivity (Wildman–Crippen MR) is 139 cm³/mol. The van der Waals surface area contributed by atoms with Crippen LogP contribution in [-0.2, 0) is 9.84 Å². The maximum absolute atomic E-state index is 12.4. The molecule has 0 unspecified atom stereocenters. The molecule has 2 N–H and O–H groups in total. The fourth-order valence-corrected chi connectivity index (χ4v) is 4.93. The van der Waals surface area contributed by atoms with Gasteiger partial charge in [-0.3, -0.25) is 0 Å². The molecule has 0 aliphatic heterocycles. The molecule has 0 saturated heterocycles. The van der Waals surface area contributed by atoms with Crippen molar-refractivity contribution in [3.05, 3.63) is 60.4 Å². The zero-order valence-corrected chi connectivity index (χ0v) is 21.4. The molecule has 1 aromatic heterocycles. The van der Waals surface area contributed by atoms with Crippen molar-refractivity contribution in [2.24, 2.45) is 5.92 Å². The van der Waals surface area contributed by atoms with Gasteiger partial charge in [-0.2, -0.15) is 0 Å². The van der Waals surface area contributed by atoms with Crippen LogP contribution in [0.4, 0.5) is 23.0 Å². The number of thioether (sulfide) groups is 1. The fourth-order valence-electron chi connectivity index (χ4n) is 3.08. The summed E-state index contributed by atoms with van der Waals surface area (Å²) in [6.07, 6.45) is 1.49. The van der Waals surface area contributed by atoms with E-state index in [1.165, 1.54) is 11.9 Å². The first-order valence-corrected chi connectivity index (χ1v) is 13.8. The number of rotatable bonds is 10. The molecule has 0 amide bonds. The zero-order valence-electron chi connectivity index (χ0n) is 19.8. The summed E-state index contributed by atoms with van der Waals surface area (Å²) in [6, 6.07) is 15.3. The van der Waals surface area contributed by atoms with Gasteiger partial charge in [-0.15, -0.1) is 11.8 Å². The molecule has 33 heavy (non-hydrogen) atoms. The minimum atomic E-state index is -3.31. The van der Waals surface area contributed by atoms with E-state index in [2.05, 4.69) is 60.4 Å². The fraction of sp³-hybridized carbons (Fsp3) is 0.360. The number of hydrogen-bond donors (Lipinski definition) is 2. The SMILES string of the molecule is CCS(=O)(=O)c1ccc(SCC(C)C)c(Nc2cc(Nc3ccc(C(C)C)cc3)ncn2)c1. The summed E-state index contributed by atoms with van der Waals surface area (Å²) in [4.78, 5) is 9.95. The maximum atomic E-state index is 12.4. The van der Waals surface area contributed by atoms with Gasteiger partial charge in [0.1, 0.15) is 18.0 Å². The van der Waals surface area contributed by atoms with Gasteiger partial charge in [-0.1, -0.05) is 46.8 Å². The molecule has 0 aliphatic rings. The molecule has 176 valence electrons. The van der Waals surface area contributed by atoms with Crippen molar-refractivity contribution in [2.45, 2.75) is 50.3 Å². The Balaban J connectivity index is 1.86. The Bertz CT molecular complexity index is 1180. The number of aromatic nitrogens is 2. The molecule has 6 nitrogen and oxygen atoms in total. The lowest BCUT2D eigenvalue weighted by atomic mass is 10.0. The van der Waals surface area contributed by atoms with Crippen molar-refractivity contribution in [1.29, 1.82) is 0 Å². The van der Waals surface area contributed by atoms with Gasteiger partial charge >= 0.3 is 0 Å². The predicted octanol–water partition coefficient (Wildman–Crippen LogP) is 6.63. The lowest BCUT2D eigenvalue weighted by Gasteiger charge is -2.15. The Morgan fingerprint density at radius 1 is 0.909 bits per heavy atom. The second-order valence-electron chi connectivity index (χ2n) is 8.58. The lowest BCUT2D eigenvalue weighted by Crippen LogP contribution is -2.05. The summed E-state index contributed by atoms with van der Waals surface area (Å²) in [6.45, 7) is 10.3. The van der Waals surface area contributed by atoms with E-state index in [1.807, 2.05) is 24.3 Å². The normalized spacial score (nSPS) is 11.7. The van der Waals surface area contributed by atoms with Crippen LogP contribution in [0.3, 0.4) is 0 Å². The molecular weight excluding hydrogens is 452 g/mol. The van der Waals surface area contributed by atoms with E-state index in [9.17, 15) is 8.42 Å². The molecule has 3 aromatic rings. The van der Waals surface area contributed by atoms with Gasteiger partial charge < -0.3 is 10.6 Å². The van der Waals surface area contributed by atoms with Gasteiger partial charge in [-0.25, -0.2) is 18.4 Å². The molecule has 0 radical (unpaired) electrons. The minimum absolute atomic E-state index is 0.0576. The Kier molecular flexibility index (Phi) is 8.37. The Morgan fingerprint density at radius 2 is 1.58 bits per heavy atom. The van der Waals surface area contributed by atoms with Gasteiger partial charge in [-0.05, 0) is 47.7 Å². The summed E-state index contributed by atoms with van der Waals surface area (Å²) >= 11 is 1.70. The van der Waals surface area contributed by atoms with Gasteiger partial charge in [0.05, 0.1) is 16.3 Å². The van der Waals surface area contributed by atoms with Crippen LogP contribution in [0.15, 0.2) is 64.6 Å². The Labute approximate surface area is 201 Å². The van der Waals surface area contributed by atoms with Crippen molar-refractivity contribution in [3.8, 4) is 0 Å². The molecule has 2 aromatic carbocycles. The summed E-state index contributed by atoms with van der Waals surface area (Å²) in [5.41, 5.74) is 2.94. The van der Waals surface area contributed by atoms with Crippen LogP contribution in [0, 0.1) is 5.92 Å². The molecular formula is C25H32N4O2S2. The van der Waals surface area contributed by atoms with Crippen LogP contribution in [0.2, 0.25) is 0 Å². The van der Waals surface area contributed by atoms with E-state index >= 15 is 0 Å². The highest BCUT2D eigenvalue weighted by molar-refractivity contribution is 7.99. The van der Waals surface area contributed by atoms with Gasteiger partial charge in [0, 0.05) is 22.4 Å². The molecule has 0 bridgehead atoms. The second kappa shape index (κ2) is 11.0. The number of nitrogens with zero attached hydrogens (tertiary/aromatic N) is 2. The van der Waals surface area contributed by atoms with E-state index in [0.717, 1.165) is 22.0 Å². The summed E-state index contributed by atoms with van der Waals surface area (Å²) in [7, 11) is -3.31. The highest BCUT2D eigenvalue weighted by Crippen LogP contribution is 2.33. The number of nitrogens with one attached hydrogen (secondary N) is 2. The number of anilines is 4. The molecule has 8 heteroatoms. The van der Waals surface area contributed by atoms with Crippen molar-refractivity contribution < 1.29 is 8.42 Å². The quantitative estimate of drug-likeness (QED) is 0.312. The van der Waals surface area contributed by atoms with Gasteiger partial charge in [0.25, 0.3) is 0 Å². The number of hydrogen-bond acceptors (Lipinski definition) is 7. The average Bonchev–Trinajstić information content (AvgIpc) is 2.78. The van der Waals surface area contributed by atoms with E-state index in [0.29, 0.717) is 28.4 Å². The maximum Gasteiger partial charge on any atom is 0.178 e. The van der Waals surface area contributed by atoms with Crippen molar-refractivity contribution in [2.75, 3.05) is 22.1 Å². The van der Waals surface area contributed by atoms with E-state index in [4.69, 9.17) is 0 Å². The number of benzene rings is 2. The summed E-state index contributed by atoms with van der Waals surface area (Å²) in [5, 5.41) is 6.61. The van der Waals surface area contributed by atoms with Crippen LogP contribution in [0.1, 0.15) is 46.1 Å². The summed E-state index contributed by atoms with van der Waals surface area (Å²) < 4.78 is 24.9. The van der Waals surface area contributed by atoms with Crippen LogP contribution in [0.5, 0.6) is 0 Å². The van der Waals surface area contributed by atoms with E-state index < -0.39 is 9.84 Å². The highest BCUT2D eigenvalue weighted by Gasteiger charge is 2.15. The van der Waals surface area contributed by atoms with E-state index in [-0.39, 0.29) is 5.75 Å². The highest BCUT2D eigenvalue weighted by atomic mass is 32.2. The van der Waals surface area contributed by atoms with Crippen LogP contribution >= 0.6 is 11.8 Å². The smallest absolute Gasteiger partial charge is 0.178 e. The lowest BCUT2D eigenvalue weighted by molar-refractivity contribution is 0.597. The molecule has 0 fully saturated rings. The van der Waals surface area contributed by atoms with Crippen molar-refractivity contribution >= 4 is 44.6 Å². The molecule has 1 heterocycles. The average molecular weight is 485 g/mol. The molecule has 0 aliphatic carbocycles. The minimum Gasteiger partial charge on any atom is -0.340 e. The monoisotopic (exact) mass is 484 g/mol. The third kappa shape index (κ3) is 6.95. The van der Waals surface area contributed by atoms with Gasteiger partial charge in [0.15, 0.2) is 9.84 Å². The van der Waals surface area contributed by atoms with Gasteiger partial charge in [0.2, 0.25) is 0 Å². The van der Waals surface area contributed by atoms with E-state index in [1.54, 1.807) is 30.8 Å². The molecule has 3 rings (SSSR count). The summed E-state index contributed by atoms with van der Waals surface area (Å²) in [5.74, 6) is 3.21. The first-order chi connectivity index (χ1) is 15.7. The van der Waals surface area contributed by atoms with Crippen LogP contribution in [0.25, 0.3) is 0 Å². The van der Waals surface area contributed by atoms with Crippen molar-refractivity contribution in [3.63, 3.8) is 0 Å². The Hall–Kier alpha value is -2.58. The largest absolute Gasteiger partial charge is 0.340 e. The Morgan fingerprint density at radius 3 is 2.18 bits per heavy atom. The second-order valence-corrected chi connectivity index (χ2v) is 11.9. The zero-order chi connectivity index (χ0) is 24.0. The first kappa shape index (κ1) is 25.1. The standard InChI is InChI=1S/C25H32N4O2S2/c1-6-33(30,31)21-11-12-23(32-15-17(2)3)22(13-21)29-25-14-24(26-16-27-25)28-20-9-7-19(8-10-20)18(4)5/h7-14,16-18H,6,15H2,1-5H3,(H2,26,27,28,29). The van der Waals surface area contributed by atoms with Crippen LogP contribution in [-0.4, -0.2) is 29.9 Å². The molecule has 0 atom stereocenters.